The van der Waals surface area contributed by atoms with Gasteiger partial charge in [-0.1, -0.05) is 53.5 Å². The molecule has 0 spiro atoms. The van der Waals surface area contributed by atoms with Crippen LogP contribution in [0.1, 0.15) is 15.9 Å². The summed E-state index contributed by atoms with van der Waals surface area (Å²) in [6.45, 7) is 0. The SMILES string of the molecule is O=C(CSc1ccc(NC(=O)/C(=C/c2ccc(Cl)cc2Cl)NC(=O)c2ccccc2)cc1)Nc1ccccn1. The number of benzene rings is 3. The highest BCUT2D eigenvalue weighted by Crippen LogP contribution is 2.24. The minimum absolute atomic E-state index is 0.00211. The molecule has 0 fully saturated rings. The van der Waals surface area contributed by atoms with Crippen LogP contribution >= 0.6 is 35.0 Å². The van der Waals surface area contributed by atoms with Crippen molar-refractivity contribution in [1.29, 1.82) is 0 Å². The summed E-state index contributed by atoms with van der Waals surface area (Å²) >= 11 is 13.6. The van der Waals surface area contributed by atoms with E-state index < -0.39 is 11.8 Å². The van der Waals surface area contributed by atoms with Gasteiger partial charge in [0.2, 0.25) is 5.91 Å². The zero-order chi connectivity index (χ0) is 27.6. The van der Waals surface area contributed by atoms with Crippen molar-refractivity contribution in [2.75, 3.05) is 16.4 Å². The second kappa shape index (κ2) is 13.6. The van der Waals surface area contributed by atoms with Crippen molar-refractivity contribution in [3.05, 3.63) is 124 Å². The van der Waals surface area contributed by atoms with Gasteiger partial charge in [-0.05, 0) is 72.3 Å². The first-order valence-electron chi connectivity index (χ1n) is 11.7. The Bertz CT molecular complexity index is 1500. The molecule has 0 aliphatic heterocycles. The molecule has 196 valence electrons. The molecule has 7 nitrogen and oxygen atoms in total. The molecule has 0 saturated heterocycles. The predicted molar refractivity (Wildman–Crippen MR) is 157 cm³/mol. The highest BCUT2D eigenvalue weighted by atomic mass is 35.5. The summed E-state index contributed by atoms with van der Waals surface area (Å²) in [6.07, 6.45) is 3.09. The van der Waals surface area contributed by atoms with E-state index in [1.807, 2.05) is 0 Å². The predicted octanol–water partition coefficient (Wildman–Crippen LogP) is 6.53. The molecule has 1 heterocycles. The molecular weight excluding hydrogens is 555 g/mol. The quantitative estimate of drug-likeness (QED) is 0.155. The van der Waals surface area contributed by atoms with E-state index in [-0.39, 0.29) is 17.4 Å². The Morgan fingerprint density at radius 2 is 1.59 bits per heavy atom. The van der Waals surface area contributed by atoms with Crippen LogP contribution in [0.4, 0.5) is 11.5 Å². The van der Waals surface area contributed by atoms with E-state index >= 15 is 0 Å². The third-order valence-electron chi connectivity index (χ3n) is 5.21. The Morgan fingerprint density at radius 3 is 2.28 bits per heavy atom. The molecule has 3 aromatic carbocycles. The third-order valence-corrected chi connectivity index (χ3v) is 6.78. The number of hydrogen-bond acceptors (Lipinski definition) is 5. The molecule has 4 aromatic rings. The summed E-state index contributed by atoms with van der Waals surface area (Å²) in [5.41, 5.74) is 1.41. The third kappa shape index (κ3) is 8.44. The first kappa shape index (κ1) is 27.9. The van der Waals surface area contributed by atoms with Gasteiger partial charge < -0.3 is 16.0 Å². The molecule has 3 N–H and O–H groups in total. The van der Waals surface area contributed by atoms with Crippen LogP contribution in [0.5, 0.6) is 0 Å². The Kier molecular flexibility index (Phi) is 9.74. The van der Waals surface area contributed by atoms with E-state index in [0.717, 1.165) is 4.90 Å². The summed E-state index contributed by atoms with van der Waals surface area (Å²) in [5.74, 6) is -0.480. The van der Waals surface area contributed by atoms with Crippen LogP contribution in [0.2, 0.25) is 10.0 Å². The molecule has 0 saturated carbocycles. The van der Waals surface area contributed by atoms with Crippen LogP contribution < -0.4 is 16.0 Å². The van der Waals surface area contributed by atoms with Gasteiger partial charge in [-0.2, -0.15) is 0 Å². The Labute approximate surface area is 239 Å². The van der Waals surface area contributed by atoms with Gasteiger partial charge in [-0.15, -0.1) is 11.8 Å². The lowest BCUT2D eigenvalue weighted by molar-refractivity contribution is -0.114. The van der Waals surface area contributed by atoms with E-state index in [9.17, 15) is 14.4 Å². The zero-order valence-corrected chi connectivity index (χ0v) is 22.7. The fraction of sp³-hybridized carbons (Fsp3) is 0.0345. The first-order valence-corrected chi connectivity index (χ1v) is 13.4. The molecular formula is C29H22Cl2N4O3S. The lowest BCUT2D eigenvalue weighted by atomic mass is 10.1. The van der Waals surface area contributed by atoms with Crippen LogP contribution in [-0.2, 0) is 9.59 Å². The maximum absolute atomic E-state index is 13.2. The van der Waals surface area contributed by atoms with Crippen LogP contribution in [0, 0.1) is 0 Å². The van der Waals surface area contributed by atoms with Gasteiger partial charge in [0, 0.05) is 32.4 Å². The standard InChI is InChI=1S/C29H22Cl2N4O3S/c30-21-10-9-20(24(31)17-21)16-25(34-28(37)19-6-2-1-3-7-19)29(38)33-22-11-13-23(14-12-22)39-18-27(36)35-26-8-4-5-15-32-26/h1-17H,18H2,(H,33,38)(H,34,37)(H,32,35,36)/b25-16-. The van der Waals surface area contributed by atoms with Gasteiger partial charge in [0.25, 0.3) is 11.8 Å². The number of carbonyl (C=O) groups is 3. The molecule has 0 radical (unpaired) electrons. The number of halogens is 2. The van der Waals surface area contributed by atoms with Gasteiger partial charge in [0.05, 0.1) is 5.75 Å². The van der Waals surface area contributed by atoms with Crippen molar-refractivity contribution in [2.45, 2.75) is 4.90 Å². The Balaban J connectivity index is 1.43. The lowest BCUT2D eigenvalue weighted by Crippen LogP contribution is -2.30. The molecule has 4 rings (SSSR count). The second-order valence-corrected chi connectivity index (χ2v) is 9.97. The number of rotatable bonds is 9. The van der Waals surface area contributed by atoms with Crippen LogP contribution in [0.15, 0.2) is 108 Å². The molecule has 3 amide bonds. The van der Waals surface area contributed by atoms with E-state index in [1.54, 1.807) is 97.2 Å². The molecule has 39 heavy (non-hydrogen) atoms. The van der Waals surface area contributed by atoms with E-state index in [1.165, 1.54) is 17.8 Å². The molecule has 0 bridgehead atoms. The molecule has 0 atom stereocenters. The number of thioether (sulfide) groups is 1. The average molecular weight is 577 g/mol. The average Bonchev–Trinajstić information content (AvgIpc) is 2.94. The fourth-order valence-corrected chi connectivity index (χ4v) is 4.48. The van der Waals surface area contributed by atoms with Gasteiger partial charge in [0.15, 0.2) is 0 Å². The lowest BCUT2D eigenvalue weighted by Gasteiger charge is -2.12. The monoisotopic (exact) mass is 576 g/mol. The summed E-state index contributed by atoms with van der Waals surface area (Å²) in [4.78, 5) is 43.1. The summed E-state index contributed by atoms with van der Waals surface area (Å²) in [5, 5.41) is 8.97. The van der Waals surface area contributed by atoms with Crippen molar-refractivity contribution in [3.8, 4) is 0 Å². The topological polar surface area (TPSA) is 100 Å². The van der Waals surface area contributed by atoms with Gasteiger partial charge in [0.1, 0.15) is 11.5 Å². The van der Waals surface area contributed by atoms with Crippen LogP contribution in [-0.4, -0.2) is 28.5 Å². The maximum Gasteiger partial charge on any atom is 0.272 e. The minimum Gasteiger partial charge on any atom is -0.321 e. The number of aromatic nitrogens is 1. The molecule has 0 aliphatic rings. The zero-order valence-electron chi connectivity index (χ0n) is 20.4. The van der Waals surface area contributed by atoms with Gasteiger partial charge in [-0.25, -0.2) is 4.98 Å². The number of nitrogens with one attached hydrogen (secondary N) is 3. The number of hydrogen-bond donors (Lipinski definition) is 3. The first-order chi connectivity index (χ1) is 18.9. The largest absolute Gasteiger partial charge is 0.321 e. The Morgan fingerprint density at radius 1 is 0.846 bits per heavy atom. The van der Waals surface area contributed by atoms with Crippen molar-refractivity contribution >= 4 is 70.3 Å². The molecule has 1 aromatic heterocycles. The number of amides is 3. The number of anilines is 2. The van der Waals surface area contributed by atoms with Crippen LogP contribution in [0.25, 0.3) is 6.08 Å². The van der Waals surface area contributed by atoms with Gasteiger partial charge in [-0.3, -0.25) is 14.4 Å². The molecule has 0 unspecified atom stereocenters. The van der Waals surface area contributed by atoms with Crippen molar-refractivity contribution < 1.29 is 14.4 Å². The summed E-state index contributed by atoms with van der Waals surface area (Å²) in [6, 6.07) is 25.7. The Hall–Kier alpha value is -4.11. The second-order valence-electron chi connectivity index (χ2n) is 8.07. The minimum atomic E-state index is -0.541. The van der Waals surface area contributed by atoms with E-state index in [4.69, 9.17) is 23.2 Å². The molecule has 0 aliphatic carbocycles. The molecule has 10 heteroatoms. The van der Waals surface area contributed by atoms with Gasteiger partial charge >= 0.3 is 0 Å². The fourth-order valence-electron chi connectivity index (χ4n) is 3.31. The number of pyridine rings is 1. The maximum atomic E-state index is 13.2. The van der Waals surface area contributed by atoms with E-state index in [0.29, 0.717) is 32.7 Å². The number of nitrogens with zero attached hydrogens (tertiary/aromatic N) is 1. The highest BCUT2D eigenvalue weighted by molar-refractivity contribution is 8.00. The highest BCUT2D eigenvalue weighted by Gasteiger charge is 2.16. The smallest absolute Gasteiger partial charge is 0.272 e. The van der Waals surface area contributed by atoms with Crippen molar-refractivity contribution in [3.63, 3.8) is 0 Å². The van der Waals surface area contributed by atoms with Crippen molar-refractivity contribution in [2.24, 2.45) is 0 Å². The van der Waals surface area contributed by atoms with Crippen molar-refractivity contribution in [1.82, 2.24) is 10.3 Å². The normalized spacial score (nSPS) is 11.0. The van der Waals surface area contributed by atoms with E-state index in [2.05, 4.69) is 20.9 Å². The summed E-state index contributed by atoms with van der Waals surface area (Å²) in [7, 11) is 0. The number of carbonyl (C=O) groups excluding carboxylic acids is 3. The van der Waals surface area contributed by atoms with Crippen LogP contribution in [0.3, 0.4) is 0 Å². The summed E-state index contributed by atoms with van der Waals surface area (Å²) < 4.78 is 0.